The molecule has 1 amide bonds. The van der Waals surface area contributed by atoms with Crippen LogP contribution in [0, 0.1) is 0 Å². The van der Waals surface area contributed by atoms with E-state index in [1.54, 1.807) is 55.5 Å². The molecule has 0 aliphatic heterocycles. The van der Waals surface area contributed by atoms with Crippen molar-refractivity contribution in [2.24, 2.45) is 0 Å². The van der Waals surface area contributed by atoms with E-state index in [1.807, 2.05) is 0 Å². The van der Waals surface area contributed by atoms with Crippen LogP contribution < -0.4 is 10.1 Å². The summed E-state index contributed by atoms with van der Waals surface area (Å²) in [6.07, 6.45) is 0.580. The van der Waals surface area contributed by atoms with Gasteiger partial charge in [-0.25, -0.2) is 0 Å². The van der Waals surface area contributed by atoms with Crippen molar-refractivity contribution in [1.29, 1.82) is 0 Å². The zero-order valence-electron chi connectivity index (χ0n) is 12.8. The van der Waals surface area contributed by atoms with Crippen LogP contribution in [-0.2, 0) is 4.79 Å². The van der Waals surface area contributed by atoms with Crippen molar-refractivity contribution in [2.75, 3.05) is 5.32 Å². The summed E-state index contributed by atoms with van der Waals surface area (Å²) < 4.78 is 10.8. The van der Waals surface area contributed by atoms with Gasteiger partial charge in [0.2, 0.25) is 12.3 Å². The van der Waals surface area contributed by atoms with Crippen molar-refractivity contribution in [1.82, 2.24) is 10.2 Å². The molecule has 0 unspecified atom stereocenters. The minimum absolute atomic E-state index is 0.288. The molecule has 1 N–H and O–H groups in total. The molecule has 0 radical (unpaired) electrons. The number of rotatable bonds is 5. The average molecular weight is 344 g/mol. The van der Waals surface area contributed by atoms with Crippen LogP contribution in [-0.4, -0.2) is 22.2 Å². The quantitative estimate of drug-likeness (QED) is 0.762. The van der Waals surface area contributed by atoms with Crippen LogP contribution in [0.25, 0.3) is 11.5 Å². The third-order valence-corrected chi connectivity index (χ3v) is 3.60. The molecule has 0 spiro atoms. The van der Waals surface area contributed by atoms with Crippen LogP contribution in [0.5, 0.6) is 5.75 Å². The molecule has 0 saturated carbocycles. The van der Waals surface area contributed by atoms with Crippen molar-refractivity contribution < 1.29 is 13.9 Å². The van der Waals surface area contributed by atoms with E-state index in [1.165, 1.54) is 6.39 Å². The SMILES string of the molecule is C[C@@H](Oc1ccc(-c2nnco2)cc1)C(=O)Nc1ccccc1Cl. The van der Waals surface area contributed by atoms with Gasteiger partial charge in [0.1, 0.15) is 5.75 Å². The first kappa shape index (κ1) is 16.0. The number of aromatic nitrogens is 2. The monoisotopic (exact) mass is 343 g/mol. The summed E-state index contributed by atoms with van der Waals surface area (Å²) >= 11 is 6.02. The van der Waals surface area contributed by atoms with E-state index in [9.17, 15) is 4.79 Å². The van der Waals surface area contributed by atoms with E-state index in [0.29, 0.717) is 22.4 Å². The lowest BCUT2D eigenvalue weighted by Gasteiger charge is -2.15. The minimum atomic E-state index is -0.685. The van der Waals surface area contributed by atoms with Crippen LogP contribution in [0.4, 0.5) is 5.69 Å². The Balaban J connectivity index is 1.63. The normalized spacial score (nSPS) is 11.8. The number of carbonyl (C=O) groups is 1. The van der Waals surface area contributed by atoms with Gasteiger partial charge in [0.05, 0.1) is 10.7 Å². The summed E-state index contributed by atoms with van der Waals surface area (Å²) in [5.41, 5.74) is 1.32. The zero-order chi connectivity index (χ0) is 16.9. The Morgan fingerprint density at radius 2 is 1.96 bits per heavy atom. The molecule has 0 aliphatic carbocycles. The van der Waals surface area contributed by atoms with Gasteiger partial charge in [-0.05, 0) is 43.3 Å². The summed E-state index contributed by atoms with van der Waals surface area (Å²) in [6.45, 7) is 1.66. The Morgan fingerprint density at radius 1 is 1.21 bits per heavy atom. The number of amides is 1. The molecular formula is C17H14ClN3O3. The van der Waals surface area contributed by atoms with Gasteiger partial charge in [0, 0.05) is 5.56 Å². The number of nitrogens with zero attached hydrogens (tertiary/aromatic N) is 2. The molecule has 3 aromatic rings. The largest absolute Gasteiger partial charge is 0.481 e. The fourth-order valence-electron chi connectivity index (χ4n) is 2.03. The molecule has 1 atom stereocenters. The standard InChI is InChI=1S/C17H14ClN3O3/c1-11(16(22)20-15-5-3-2-4-14(15)18)24-13-8-6-12(7-9-13)17-21-19-10-23-17/h2-11H,1H3,(H,20,22)/t11-/m1/s1. The molecule has 24 heavy (non-hydrogen) atoms. The topological polar surface area (TPSA) is 77.2 Å². The van der Waals surface area contributed by atoms with Gasteiger partial charge < -0.3 is 14.5 Å². The Kier molecular flexibility index (Phi) is 4.77. The number of benzene rings is 2. The lowest BCUT2D eigenvalue weighted by Crippen LogP contribution is -2.30. The van der Waals surface area contributed by atoms with Gasteiger partial charge in [0.15, 0.2) is 6.10 Å². The van der Waals surface area contributed by atoms with Gasteiger partial charge in [-0.2, -0.15) is 0 Å². The molecule has 0 aliphatic rings. The second-order valence-electron chi connectivity index (χ2n) is 5.00. The number of ether oxygens (including phenoxy) is 1. The molecule has 0 saturated heterocycles. The molecule has 3 rings (SSSR count). The summed E-state index contributed by atoms with van der Waals surface area (Å²) in [6, 6.07) is 14.1. The zero-order valence-corrected chi connectivity index (χ0v) is 13.5. The highest BCUT2D eigenvalue weighted by atomic mass is 35.5. The Bertz CT molecular complexity index is 819. The number of hydrogen-bond acceptors (Lipinski definition) is 5. The molecule has 2 aromatic carbocycles. The number of carbonyl (C=O) groups excluding carboxylic acids is 1. The van der Waals surface area contributed by atoms with E-state index in [4.69, 9.17) is 20.8 Å². The number of halogens is 1. The minimum Gasteiger partial charge on any atom is -0.481 e. The molecular weight excluding hydrogens is 330 g/mol. The van der Waals surface area contributed by atoms with Crippen LogP contribution in [0.15, 0.2) is 59.3 Å². The molecule has 7 heteroatoms. The van der Waals surface area contributed by atoms with E-state index >= 15 is 0 Å². The first-order chi connectivity index (χ1) is 11.6. The first-order valence-corrected chi connectivity index (χ1v) is 7.60. The second-order valence-corrected chi connectivity index (χ2v) is 5.40. The third kappa shape index (κ3) is 3.72. The number of hydrogen-bond donors (Lipinski definition) is 1. The van der Waals surface area contributed by atoms with E-state index in [2.05, 4.69) is 15.5 Å². The van der Waals surface area contributed by atoms with Crippen molar-refractivity contribution in [2.45, 2.75) is 13.0 Å². The summed E-state index contributed by atoms with van der Waals surface area (Å²) in [4.78, 5) is 12.2. The Labute approximate surface area is 143 Å². The van der Waals surface area contributed by atoms with Crippen molar-refractivity contribution in [3.63, 3.8) is 0 Å². The number of para-hydroxylation sites is 1. The smallest absolute Gasteiger partial charge is 0.265 e. The fraction of sp³-hybridized carbons (Fsp3) is 0.118. The van der Waals surface area contributed by atoms with Crippen LogP contribution in [0.2, 0.25) is 5.02 Å². The lowest BCUT2D eigenvalue weighted by atomic mass is 10.2. The fourth-order valence-corrected chi connectivity index (χ4v) is 2.21. The molecule has 122 valence electrons. The maximum absolute atomic E-state index is 12.2. The predicted molar refractivity (Wildman–Crippen MR) is 89.9 cm³/mol. The van der Waals surface area contributed by atoms with E-state index < -0.39 is 6.10 Å². The highest BCUT2D eigenvalue weighted by Gasteiger charge is 2.16. The highest BCUT2D eigenvalue weighted by Crippen LogP contribution is 2.23. The van der Waals surface area contributed by atoms with Gasteiger partial charge in [-0.3, -0.25) is 4.79 Å². The lowest BCUT2D eigenvalue weighted by molar-refractivity contribution is -0.122. The van der Waals surface area contributed by atoms with Crippen molar-refractivity contribution >= 4 is 23.2 Å². The maximum atomic E-state index is 12.2. The number of anilines is 1. The van der Waals surface area contributed by atoms with E-state index in [0.717, 1.165) is 5.56 Å². The van der Waals surface area contributed by atoms with Gasteiger partial charge in [-0.15, -0.1) is 10.2 Å². The van der Waals surface area contributed by atoms with Gasteiger partial charge in [-0.1, -0.05) is 23.7 Å². The molecule has 0 bridgehead atoms. The Hall–Kier alpha value is -2.86. The second kappa shape index (κ2) is 7.14. The molecule has 0 fully saturated rings. The van der Waals surface area contributed by atoms with Crippen LogP contribution in [0.1, 0.15) is 6.92 Å². The predicted octanol–water partition coefficient (Wildman–Crippen LogP) is 3.80. The third-order valence-electron chi connectivity index (χ3n) is 3.28. The average Bonchev–Trinajstić information content (AvgIpc) is 3.12. The van der Waals surface area contributed by atoms with E-state index in [-0.39, 0.29) is 5.91 Å². The first-order valence-electron chi connectivity index (χ1n) is 7.22. The van der Waals surface area contributed by atoms with Crippen molar-refractivity contribution in [3.05, 3.63) is 59.9 Å². The summed E-state index contributed by atoms with van der Waals surface area (Å²) in [5, 5.41) is 10.7. The highest BCUT2D eigenvalue weighted by molar-refractivity contribution is 6.33. The maximum Gasteiger partial charge on any atom is 0.265 e. The molecule has 1 heterocycles. The van der Waals surface area contributed by atoms with Crippen molar-refractivity contribution in [3.8, 4) is 17.2 Å². The van der Waals surface area contributed by atoms with Gasteiger partial charge >= 0.3 is 0 Å². The van der Waals surface area contributed by atoms with Gasteiger partial charge in [0.25, 0.3) is 5.91 Å². The summed E-state index contributed by atoms with van der Waals surface area (Å²) in [7, 11) is 0. The Morgan fingerprint density at radius 3 is 2.62 bits per heavy atom. The van der Waals surface area contributed by atoms with Crippen LogP contribution >= 0.6 is 11.6 Å². The molecule has 1 aromatic heterocycles. The molecule has 6 nitrogen and oxygen atoms in total. The number of nitrogens with one attached hydrogen (secondary N) is 1. The summed E-state index contributed by atoms with van der Waals surface area (Å²) in [5.74, 6) is 0.690. The van der Waals surface area contributed by atoms with Crippen LogP contribution in [0.3, 0.4) is 0 Å².